The zero-order valence-electron chi connectivity index (χ0n) is 12.2. The van der Waals surface area contributed by atoms with Crippen molar-refractivity contribution in [2.75, 3.05) is 13.1 Å². The third-order valence-electron chi connectivity index (χ3n) is 4.32. The van der Waals surface area contributed by atoms with Crippen LogP contribution in [0.2, 0.25) is 0 Å². The van der Waals surface area contributed by atoms with Gasteiger partial charge < -0.3 is 10.0 Å². The normalized spacial score (nSPS) is 17.7. The van der Waals surface area contributed by atoms with E-state index in [0.29, 0.717) is 0 Å². The van der Waals surface area contributed by atoms with E-state index in [4.69, 9.17) is 10.0 Å². The van der Waals surface area contributed by atoms with Crippen LogP contribution in [0, 0.1) is 17.7 Å². The quantitative estimate of drug-likeness (QED) is 0.818. The molecular weight excluding hydrogens is 256 g/mol. The number of hydrogen-bond acceptors (Lipinski definition) is 3. The van der Waals surface area contributed by atoms with Gasteiger partial charge in [-0.05, 0) is 49.4 Å². The molecule has 2 N–H and O–H groups in total. The maximum atomic E-state index is 13.4. The maximum Gasteiger partial charge on any atom is 0.491 e. The lowest BCUT2D eigenvalue weighted by molar-refractivity contribution is 0.152. The highest BCUT2D eigenvalue weighted by molar-refractivity contribution is 6.58. The lowest BCUT2D eigenvalue weighted by Gasteiger charge is -2.33. The van der Waals surface area contributed by atoms with Crippen molar-refractivity contribution in [3.63, 3.8) is 0 Å². The summed E-state index contributed by atoms with van der Waals surface area (Å²) in [6.07, 6.45) is 2.41. The number of likely N-dealkylation sites (tertiary alicyclic amines) is 1. The van der Waals surface area contributed by atoms with E-state index in [9.17, 15) is 4.39 Å². The van der Waals surface area contributed by atoms with Gasteiger partial charge in [0.2, 0.25) is 0 Å². The van der Waals surface area contributed by atoms with E-state index in [2.05, 4.69) is 18.7 Å². The summed E-state index contributed by atoms with van der Waals surface area (Å²) >= 11 is 0. The minimum absolute atomic E-state index is 0.0421. The van der Waals surface area contributed by atoms with Crippen molar-refractivity contribution in [1.82, 2.24) is 4.90 Å². The zero-order valence-corrected chi connectivity index (χ0v) is 12.2. The Hall–Kier alpha value is -0.905. The van der Waals surface area contributed by atoms with Crippen molar-refractivity contribution >= 4 is 12.6 Å². The molecule has 3 nitrogen and oxygen atoms in total. The van der Waals surface area contributed by atoms with Crippen molar-refractivity contribution in [2.24, 2.45) is 11.8 Å². The Kier molecular flexibility index (Phi) is 5.19. The topological polar surface area (TPSA) is 43.7 Å². The summed E-state index contributed by atoms with van der Waals surface area (Å²) in [6.45, 7) is 7.39. The van der Waals surface area contributed by atoms with Crippen LogP contribution in [0.5, 0.6) is 0 Å². The lowest BCUT2D eigenvalue weighted by Crippen LogP contribution is -2.36. The molecular formula is C15H23BFNO2. The van der Waals surface area contributed by atoms with Gasteiger partial charge >= 0.3 is 7.12 Å². The van der Waals surface area contributed by atoms with Crippen molar-refractivity contribution in [3.05, 3.63) is 29.6 Å². The second-order valence-electron chi connectivity index (χ2n) is 6.09. The first-order valence-electron chi connectivity index (χ1n) is 7.34. The summed E-state index contributed by atoms with van der Waals surface area (Å²) in [5.74, 6) is 0.968. The summed E-state index contributed by atoms with van der Waals surface area (Å²) in [4.78, 5) is 2.35. The van der Waals surface area contributed by atoms with Gasteiger partial charge in [0.1, 0.15) is 5.82 Å². The van der Waals surface area contributed by atoms with Crippen molar-refractivity contribution < 1.29 is 14.4 Å². The molecule has 0 saturated carbocycles. The molecule has 110 valence electrons. The summed E-state index contributed by atoms with van der Waals surface area (Å²) in [5.41, 5.74) is 0.886. The van der Waals surface area contributed by atoms with Gasteiger partial charge in [-0.3, -0.25) is 4.90 Å². The van der Waals surface area contributed by atoms with Crippen LogP contribution in [-0.4, -0.2) is 35.2 Å². The molecule has 0 bridgehead atoms. The molecule has 5 heteroatoms. The van der Waals surface area contributed by atoms with Gasteiger partial charge in [0.15, 0.2) is 0 Å². The van der Waals surface area contributed by atoms with E-state index in [0.717, 1.165) is 37.0 Å². The van der Waals surface area contributed by atoms with Crippen LogP contribution in [0.15, 0.2) is 18.2 Å². The Morgan fingerprint density at radius 1 is 1.30 bits per heavy atom. The Labute approximate surface area is 120 Å². The summed E-state index contributed by atoms with van der Waals surface area (Å²) in [6, 6.07) is 4.58. The van der Waals surface area contributed by atoms with E-state index in [1.165, 1.54) is 18.9 Å². The first kappa shape index (κ1) is 15.5. The molecule has 0 radical (unpaired) electrons. The highest BCUT2D eigenvalue weighted by atomic mass is 19.1. The average molecular weight is 279 g/mol. The van der Waals surface area contributed by atoms with Gasteiger partial charge in [-0.15, -0.1) is 0 Å². The van der Waals surface area contributed by atoms with E-state index >= 15 is 0 Å². The molecule has 1 aromatic carbocycles. The van der Waals surface area contributed by atoms with Gasteiger partial charge in [0, 0.05) is 12.0 Å². The maximum absolute atomic E-state index is 13.4. The monoisotopic (exact) mass is 279 g/mol. The predicted molar refractivity (Wildman–Crippen MR) is 79.1 cm³/mol. The zero-order chi connectivity index (χ0) is 14.7. The lowest BCUT2D eigenvalue weighted by atomic mass is 9.79. The minimum Gasteiger partial charge on any atom is -0.423 e. The van der Waals surface area contributed by atoms with Crippen molar-refractivity contribution in [2.45, 2.75) is 33.2 Å². The third kappa shape index (κ3) is 3.81. The van der Waals surface area contributed by atoms with Crippen LogP contribution in [-0.2, 0) is 6.54 Å². The summed E-state index contributed by atoms with van der Waals surface area (Å²) in [5, 5.41) is 18.3. The first-order valence-corrected chi connectivity index (χ1v) is 7.34. The number of nitrogens with zero attached hydrogens (tertiary/aromatic N) is 1. The van der Waals surface area contributed by atoms with Gasteiger partial charge in [-0.1, -0.05) is 26.0 Å². The molecule has 0 aliphatic carbocycles. The number of benzene rings is 1. The van der Waals surface area contributed by atoms with Crippen LogP contribution < -0.4 is 5.46 Å². The smallest absolute Gasteiger partial charge is 0.423 e. The SMILES string of the molecule is CC(C)C1CCN(Cc2ccc(F)c(B(O)O)c2)CC1. The van der Waals surface area contributed by atoms with Gasteiger partial charge in [0.25, 0.3) is 0 Å². The molecule has 1 saturated heterocycles. The second-order valence-corrected chi connectivity index (χ2v) is 6.09. The summed E-state index contributed by atoms with van der Waals surface area (Å²) in [7, 11) is -1.75. The Balaban J connectivity index is 1.96. The van der Waals surface area contributed by atoms with E-state index < -0.39 is 12.9 Å². The average Bonchev–Trinajstić information content (AvgIpc) is 2.41. The predicted octanol–water partition coefficient (Wildman–Crippen LogP) is 1.37. The molecule has 0 aromatic heterocycles. The fourth-order valence-electron chi connectivity index (χ4n) is 2.93. The van der Waals surface area contributed by atoms with Crippen molar-refractivity contribution in [1.29, 1.82) is 0 Å². The largest absolute Gasteiger partial charge is 0.491 e. The van der Waals surface area contributed by atoms with E-state index in [1.54, 1.807) is 12.1 Å². The molecule has 0 spiro atoms. The molecule has 1 aliphatic heterocycles. The highest BCUT2D eigenvalue weighted by Gasteiger charge is 2.22. The number of rotatable bonds is 4. The van der Waals surface area contributed by atoms with E-state index in [1.807, 2.05) is 0 Å². The summed E-state index contributed by atoms with van der Waals surface area (Å²) < 4.78 is 13.4. The van der Waals surface area contributed by atoms with Crippen LogP contribution in [0.25, 0.3) is 0 Å². The minimum atomic E-state index is -1.75. The Bertz CT molecular complexity index is 445. The Morgan fingerprint density at radius 3 is 2.50 bits per heavy atom. The third-order valence-corrected chi connectivity index (χ3v) is 4.32. The van der Waals surface area contributed by atoms with Crippen LogP contribution >= 0.6 is 0 Å². The number of piperidine rings is 1. The fraction of sp³-hybridized carbons (Fsp3) is 0.600. The molecule has 0 atom stereocenters. The van der Waals surface area contributed by atoms with Gasteiger partial charge in [0.05, 0.1) is 0 Å². The highest BCUT2D eigenvalue weighted by Crippen LogP contribution is 2.25. The van der Waals surface area contributed by atoms with E-state index in [-0.39, 0.29) is 5.46 Å². The van der Waals surface area contributed by atoms with Crippen LogP contribution in [0.1, 0.15) is 32.3 Å². The Morgan fingerprint density at radius 2 is 1.95 bits per heavy atom. The standard InChI is InChI=1S/C15H23BFNO2/c1-11(2)13-5-7-18(8-6-13)10-12-3-4-15(17)14(9-12)16(19)20/h3-4,9,11,13,19-20H,5-8,10H2,1-2H3. The first-order chi connectivity index (χ1) is 9.47. The molecule has 2 rings (SSSR count). The molecule has 1 fully saturated rings. The van der Waals surface area contributed by atoms with Crippen LogP contribution in [0.3, 0.4) is 0 Å². The number of hydrogen-bond donors (Lipinski definition) is 2. The second kappa shape index (κ2) is 6.70. The van der Waals surface area contributed by atoms with Crippen molar-refractivity contribution in [3.8, 4) is 0 Å². The van der Waals surface area contributed by atoms with Crippen LogP contribution in [0.4, 0.5) is 4.39 Å². The van der Waals surface area contributed by atoms with Gasteiger partial charge in [-0.25, -0.2) is 4.39 Å². The number of halogens is 1. The van der Waals surface area contributed by atoms with Gasteiger partial charge in [-0.2, -0.15) is 0 Å². The fourth-order valence-corrected chi connectivity index (χ4v) is 2.93. The molecule has 0 amide bonds. The molecule has 0 unspecified atom stereocenters. The molecule has 1 aromatic rings. The molecule has 1 heterocycles. The molecule has 20 heavy (non-hydrogen) atoms. The molecule has 1 aliphatic rings.